The van der Waals surface area contributed by atoms with E-state index in [9.17, 15) is 9.59 Å². The summed E-state index contributed by atoms with van der Waals surface area (Å²) in [6.07, 6.45) is 0.950. The molecule has 2 aromatic rings. The Bertz CT molecular complexity index is 907. The highest BCUT2D eigenvalue weighted by atomic mass is 16.5. The molecule has 1 atom stereocenters. The maximum Gasteiger partial charge on any atom is 0.261 e. The summed E-state index contributed by atoms with van der Waals surface area (Å²) in [6.45, 7) is 9.83. The number of hydrogen-bond donors (Lipinski definition) is 1. The van der Waals surface area contributed by atoms with E-state index >= 15 is 0 Å². The molecule has 0 aromatic heterocycles. The van der Waals surface area contributed by atoms with Crippen molar-refractivity contribution in [3.63, 3.8) is 0 Å². The molecule has 1 unspecified atom stereocenters. The topological polar surface area (TPSA) is 58.6 Å². The number of nitrogens with zero attached hydrogens (tertiary/aromatic N) is 1. The molecule has 1 saturated heterocycles. The third-order valence-corrected chi connectivity index (χ3v) is 5.57. The Balaban J connectivity index is 1.62. The predicted molar refractivity (Wildman–Crippen MR) is 118 cm³/mol. The number of amides is 2. The summed E-state index contributed by atoms with van der Waals surface area (Å²) < 4.78 is 6.02. The van der Waals surface area contributed by atoms with Gasteiger partial charge in [0.05, 0.1) is 0 Å². The summed E-state index contributed by atoms with van der Waals surface area (Å²) in [6, 6.07) is 14.1. The van der Waals surface area contributed by atoms with Gasteiger partial charge in [-0.2, -0.15) is 0 Å². The maximum atomic E-state index is 12.7. The van der Waals surface area contributed by atoms with Gasteiger partial charge >= 0.3 is 0 Å². The molecule has 0 spiro atoms. The van der Waals surface area contributed by atoms with Crippen LogP contribution in [0.4, 0.5) is 0 Å². The first-order valence-electron chi connectivity index (χ1n) is 10.7. The number of likely N-dealkylation sites (tertiary alicyclic amines) is 1. The molecule has 1 aliphatic heterocycles. The van der Waals surface area contributed by atoms with Crippen molar-refractivity contribution in [3.8, 4) is 5.75 Å². The molecule has 0 saturated carbocycles. The highest BCUT2D eigenvalue weighted by Gasteiger charge is 2.22. The number of nitrogens with one attached hydrogen (secondary N) is 1. The normalized spacial score (nSPS) is 14.8. The first-order chi connectivity index (χ1) is 14.3. The minimum atomic E-state index is -0.600. The van der Waals surface area contributed by atoms with Crippen LogP contribution in [0, 0.1) is 6.92 Å². The zero-order valence-corrected chi connectivity index (χ0v) is 18.4. The Morgan fingerprint density at radius 3 is 2.53 bits per heavy atom. The Morgan fingerprint density at radius 1 is 1.13 bits per heavy atom. The minimum Gasteiger partial charge on any atom is -0.481 e. The fourth-order valence-electron chi connectivity index (χ4n) is 3.75. The summed E-state index contributed by atoms with van der Waals surface area (Å²) in [5, 5.41) is 2.99. The van der Waals surface area contributed by atoms with E-state index in [-0.39, 0.29) is 11.8 Å². The lowest BCUT2D eigenvalue weighted by Crippen LogP contribution is -2.36. The van der Waals surface area contributed by atoms with E-state index in [2.05, 4.69) is 31.3 Å². The fourth-order valence-corrected chi connectivity index (χ4v) is 3.75. The zero-order valence-electron chi connectivity index (χ0n) is 18.4. The standard InChI is InChI=1S/C25H32N2O3/c1-17(2)22-12-11-18(3)14-23(22)30-19(4)25(29)26-15-20-8-5-6-9-21(20)16-27-13-7-10-24(27)28/h5-6,8-9,11-12,14,17,19H,7,10,13,15-16H2,1-4H3,(H,26,29). The molecule has 2 aromatic carbocycles. The number of hydrogen-bond acceptors (Lipinski definition) is 3. The molecule has 2 amide bonds. The number of rotatable bonds is 8. The van der Waals surface area contributed by atoms with Gasteiger partial charge in [-0.3, -0.25) is 9.59 Å². The number of carbonyl (C=O) groups is 2. The van der Waals surface area contributed by atoms with Crippen molar-refractivity contribution in [2.24, 2.45) is 0 Å². The lowest BCUT2D eigenvalue weighted by Gasteiger charge is -2.21. The first-order valence-corrected chi connectivity index (χ1v) is 10.7. The predicted octanol–water partition coefficient (Wildman–Crippen LogP) is 4.32. The maximum absolute atomic E-state index is 12.7. The highest BCUT2D eigenvalue weighted by molar-refractivity contribution is 5.81. The van der Waals surface area contributed by atoms with E-state index in [4.69, 9.17) is 4.74 Å². The van der Waals surface area contributed by atoms with Crippen molar-refractivity contribution in [1.82, 2.24) is 10.2 Å². The second-order valence-electron chi connectivity index (χ2n) is 8.36. The monoisotopic (exact) mass is 408 g/mol. The van der Waals surface area contributed by atoms with Gasteiger partial charge in [0.1, 0.15) is 5.75 Å². The van der Waals surface area contributed by atoms with Crippen LogP contribution >= 0.6 is 0 Å². The van der Waals surface area contributed by atoms with Crippen molar-refractivity contribution < 1.29 is 14.3 Å². The highest BCUT2D eigenvalue weighted by Crippen LogP contribution is 2.28. The van der Waals surface area contributed by atoms with Gasteiger partial charge in [0, 0.05) is 26.1 Å². The molecule has 5 nitrogen and oxygen atoms in total. The van der Waals surface area contributed by atoms with Gasteiger partial charge in [0.25, 0.3) is 5.91 Å². The van der Waals surface area contributed by atoms with E-state index < -0.39 is 6.10 Å². The quantitative estimate of drug-likeness (QED) is 0.707. The first kappa shape index (κ1) is 21.9. The van der Waals surface area contributed by atoms with Crippen molar-refractivity contribution in [2.75, 3.05) is 6.54 Å². The summed E-state index contributed by atoms with van der Waals surface area (Å²) in [5.41, 5.74) is 4.30. The molecule has 160 valence electrons. The van der Waals surface area contributed by atoms with Crippen LogP contribution in [-0.2, 0) is 22.7 Å². The van der Waals surface area contributed by atoms with Crippen molar-refractivity contribution >= 4 is 11.8 Å². The third-order valence-electron chi connectivity index (χ3n) is 5.57. The van der Waals surface area contributed by atoms with E-state index in [0.29, 0.717) is 25.4 Å². The van der Waals surface area contributed by atoms with Crippen LogP contribution in [-0.4, -0.2) is 29.4 Å². The van der Waals surface area contributed by atoms with Crippen LogP contribution in [0.1, 0.15) is 61.8 Å². The smallest absolute Gasteiger partial charge is 0.261 e. The van der Waals surface area contributed by atoms with Crippen molar-refractivity contribution in [1.29, 1.82) is 0 Å². The Morgan fingerprint density at radius 2 is 1.87 bits per heavy atom. The van der Waals surface area contributed by atoms with Crippen LogP contribution in [0.3, 0.4) is 0 Å². The second-order valence-corrected chi connectivity index (χ2v) is 8.36. The number of ether oxygens (including phenoxy) is 1. The zero-order chi connectivity index (χ0) is 21.7. The Labute approximate surface area is 179 Å². The van der Waals surface area contributed by atoms with E-state index in [1.165, 1.54) is 0 Å². The van der Waals surface area contributed by atoms with Gasteiger partial charge in [-0.25, -0.2) is 0 Å². The van der Waals surface area contributed by atoms with Gasteiger partial charge in [0.2, 0.25) is 5.91 Å². The largest absolute Gasteiger partial charge is 0.481 e. The Hall–Kier alpha value is -2.82. The Kier molecular flexibility index (Phi) is 7.14. The third kappa shape index (κ3) is 5.41. The number of carbonyl (C=O) groups excluding carboxylic acids is 2. The van der Waals surface area contributed by atoms with Crippen molar-refractivity contribution in [3.05, 3.63) is 64.7 Å². The molecule has 1 N–H and O–H groups in total. The molecule has 1 aliphatic rings. The average Bonchev–Trinajstić information content (AvgIpc) is 3.11. The SMILES string of the molecule is Cc1ccc(C(C)C)c(OC(C)C(=O)NCc2ccccc2CN2CCCC2=O)c1. The second kappa shape index (κ2) is 9.79. The van der Waals surface area contributed by atoms with Gasteiger partial charge in [-0.15, -0.1) is 0 Å². The van der Waals surface area contributed by atoms with Crippen LogP contribution in [0.2, 0.25) is 0 Å². The lowest BCUT2D eigenvalue weighted by molar-refractivity contribution is -0.128. The van der Waals surface area contributed by atoms with Crippen LogP contribution < -0.4 is 10.1 Å². The van der Waals surface area contributed by atoms with Crippen LogP contribution in [0.15, 0.2) is 42.5 Å². The lowest BCUT2D eigenvalue weighted by atomic mass is 10.0. The molecule has 3 rings (SSSR count). The van der Waals surface area contributed by atoms with Gasteiger partial charge in [-0.05, 0) is 54.5 Å². The van der Waals surface area contributed by atoms with Crippen LogP contribution in [0.5, 0.6) is 5.75 Å². The summed E-state index contributed by atoms with van der Waals surface area (Å²) >= 11 is 0. The van der Waals surface area contributed by atoms with Gasteiger partial charge in [0.15, 0.2) is 6.10 Å². The van der Waals surface area contributed by atoms with E-state index in [1.54, 1.807) is 6.92 Å². The minimum absolute atomic E-state index is 0.154. The average molecular weight is 409 g/mol. The molecular weight excluding hydrogens is 376 g/mol. The summed E-state index contributed by atoms with van der Waals surface area (Å²) in [7, 11) is 0. The number of aryl methyl sites for hydroxylation is 1. The molecule has 0 radical (unpaired) electrons. The van der Waals surface area contributed by atoms with E-state index in [0.717, 1.165) is 41.0 Å². The van der Waals surface area contributed by atoms with Crippen molar-refractivity contribution in [2.45, 2.75) is 65.6 Å². The van der Waals surface area contributed by atoms with Gasteiger partial charge in [-0.1, -0.05) is 50.2 Å². The van der Waals surface area contributed by atoms with E-state index in [1.807, 2.05) is 42.2 Å². The fraction of sp³-hybridized carbons (Fsp3) is 0.440. The molecule has 30 heavy (non-hydrogen) atoms. The molecule has 1 heterocycles. The van der Waals surface area contributed by atoms with Gasteiger partial charge < -0.3 is 15.0 Å². The summed E-state index contributed by atoms with van der Waals surface area (Å²) in [4.78, 5) is 26.5. The summed E-state index contributed by atoms with van der Waals surface area (Å²) in [5.74, 6) is 1.13. The molecule has 0 bridgehead atoms. The molecular formula is C25H32N2O3. The molecule has 1 fully saturated rings. The molecule has 5 heteroatoms. The number of benzene rings is 2. The molecule has 0 aliphatic carbocycles. The van der Waals surface area contributed by atoms with Crippen LogP contribution in [0.25, 0.3) is 0 Å².